The van der Waals surface area contributed by atoms with Crippen molar-refractivity contribution in [2.24, 2.45) is 0 Å². The van der Waals surface area contributed by atoms with Crippen molar-refractivity contribution in [2.45, 2.75) is 20.8 Å². The van der Waals surface area contributed by atoms with E-state index in [1.54, 1.807) is 0 Å². The summed E-state index contributed by atoms with van der Waals surface area (Å²) in [5.74, 6) is -0.969. The maximum Gasteiger partial charge on any atom is 0.270 e. The minimum atomic E-state index is -0.604. The molecule has 0 heterocycles. The van der Waals surface area contributed by atoms with E-state index in [0.29, 0.717) is 5.69 Å². The van der Waals surface area contributed by atoms with Crippen LogP contribution >= 0.6 is 11.6 Å². The molecule has 0 aliphatic heterocycles. The Balaban J connectivity index is 2.01. The summed E-state index contributed by atoms with van der Waals surface area (Å²) in [5.41, 5.74) is 3.52. The summed E-state index contributed by atoms with van der Waals surface area (Å²) in [4.78, 5) is 34.3. The number of benzene rings is 2. The van der Waals surface area contributed by atoms with Gasteiger partial charge in [-0.05, 0) is 38.0 Å². The van der Waals surface area contributed by atoms with Gasteiger partial charge in [-0.15, -0.1) is 0 Å². The van der Waals surface area contributed by atoms with Crippen molar-refractivity contribution >= 4 is 34.8 Å². The third-order valence-electron chi connectivity index (χ3n) is 3.76. The molecular formula is C18H18ClN3O4. The maximum absolute atomic E-state index is 12.1. The number of carbonyl (C=O) groups excluding carboxylic acids is 2. The fourth-order valence-electron chi connectivity index (χ4n) is 2.62. The second kappa shape index (κ2) is 7.97. The van der Waals surface area contributed by atoms with Crippen LogP contribution in [-0.4, -0.2) is 23.3 Å². The van der Waals surface area contributed by atoms with Crippen LogP contribution in [0, 0.1) is 30.9 Å². The van der Waals surface area contributed by atoms with E-state index in [0.717, 1.165) is 22.8 Å². The molecule has 2 aromatic carbocycles. The fourth-order valence-corrected chi connectivity index (χ4v) is 2.88. The Kier molecular flexibility index (Phi) is 5.94. The molecule has 0 saturated heterocycles. The molecule has 0 atom stereocenters. The van der Waals surface area contributed by atoms with Crippen LogP contribution in [0.1, 0.15) is 27.0 Å². The Bertz CT molecular complexity index is 873. The van der Waals surface area contributed by atoms with E-state index in [4.69, 9.17) is 11.6 Å². The van der Waals surface area contributed by atoms with Crippen molar-refractivity contribution in [1.82, 2.24) is 5.32 Å². The molecule has 26 heavy (non-hydrogen) atoms. The number of nitrogens with one attached hydrogen (secondary N) is 2. The highest BCUT2D eigenvalue weighted by molar-refractivity contribution is 6.34. The average molecular weight is 376 g/mol. The zero-order chi connectivity index (χ0) is 19.4. The number of hydrogen-bond acceptors (Lipinski definition) is 4. The van der Waals surface area contributed by atoms with E-state index in [-0.39, 0.29) is 28.7 Å². The minimum absolute atomic E-state index is 0.0534. The number of anilines is 1. The predicted molar refractivity (Wildman–Crippen MR) is 99.7 cm³/mol. The summed E-state index contributed by atoms with van der Waals surface area (Å²) in [6.07, 6.45) is 0. The van der Waals surface area contributed by atoms with Crippen molar-refractivity contribution in [1.29, 1.82) is 0 Å². The van der Waals surface area contributed by atoms with Gasteiger partial charge in [-0.25, -0.2) is 0 Å². The number of nitrogens with zero attached hydrogens (tertiary/aromatic N) is 1. The van der Waals surface area contributed by atoms with Crippen LogP contribution in [0.15, 0.2) is 30.3 Å². The lowest BCUT2D eigenvalue weighted by Gasteiger charge is -2.13. The summed E-state index contributed by atoms with van der Waals surface area (Å²) in [5, 5.41) is 15.9. The topological polar surface area (TPSA) is 101 Å². The lowest BCUT2D eigenvalue weighted by molar-refractivity contribution is -0.384. The lowest BCUT2D eigenvalue weighted by Crippen LogP contribution is -2.33. The fraction of sp³-hybridized carbons (Fsp3) is 0.222. The normalized spacial score (nSPS) is 10.3. The maximum atomic E-state index is 12.1. The quantitative estimate of drug-likeness (QED) is 0.616. The first kappa shape index (κ1) is 19.4. The molecule has 0 aliphatic rings. The standard InChI is InChI=1S/C18H18ClN3O4/c1-10-6-11(2)17(12(3)7-10)21-16(23)9-20-18(24)14-5-4-13(22(25)26)8-15(14)19/h4-8H,9H2,1-3H3,(H,20,24)(H,21,23). The number of carbonyl (C=O) groups is 2. The van der Waals surface area contributed by atoms with Gasteiger partial charge >= 0.3 is 0 Å². The van der Waals surface area contributed by atoms with Crippen LogP contribution < -0.4 is 10.6 Å². The van der Waals surface area contributed by atoms with Crippen LogP contribution in [0.3, 0.4) is 0 Å². The molecule has 0 spiro atoms. The Hall–Kier alpha value is -2.93. The summed E-state index contributed by atoms with van der Waals surface area (Å²) >= 11 is 5.90. The van der Waals surface area contributed by atoms with E-state index >= 15 is 0 Å². The number of hydrogen-bond donors (Lipinski definition) is 2. The number of halogens is 1. The lowest BCUT2D eigenvalue weighted by atomic mass is 10.1. The Labute approximate surface area is 155 Å². The number of amides is 2. The zero-order valence-corrected chi connectivity index (χ0v) is 15.3. The highest BCUT2D eigenvalue weighted by Crippen LogP contribution is 2.23. The van der Waals surface area contributed by atoms with Gasteiger partial charge < -0.3 is 10.6 Å². The summed E-state index contributed by atoms with van der Waals surface area (Å²) in [6.45, 7) is 5.51. The van der Waals surface area contributed by atoms with Gasteiger partial charge in [0.2, 0.25) is 5.91 Å². The Morgan fingerprint density at radius 1 is 1.12 bits per heavy atom. The van der Waals surface area contributed by atoms with E-state index < -0.39 is 10.8 Å². The van der Waals surface area contributed by atoms with Gasteiger partial charge in [0, 0.05) is 17.8 Å². The smallest absolute Gasteiger partial charge is 0.270 e. The third-order valence-corrected chi connectivity index (χ3v) is 4.07. The molecule has 0 saturated carbocycles. The van der Waals surface area contributed by atoms with Crippen molar-refractivity contribution in [3.05, 3.63) is 67.7 Å². The average Bonchev–Trinajstić information content (AvgIpc) is 2.55. The summed E-state index contributed by atoms with van der Waals surface area (Å²) in [7, 11) is 0. The summed E-state index contributed by atoms with van der Waals surface area (Å²) in [6, 6.07) is 7.44. The van der Waals surface area contributed by atoms with E-state index in [2.05, 4.69) is 10.6 Å². The highest BCUT2D eigenvalue weighted by Gasteiger charge is 2.16. The highest BCUT2D eigenvalue weighted by atomic mass is 35.5. The molecule has 2 amide bonds. The Morgan fingerprint density at radius 2 is 1.73 bits per heavy atom. The first-order valence-electron chi connectivity index (χ1n) is 7.79. The first-order chi connectivity index (χ1) is 12.2. The predicted octanol–water partition coefficient (Wildman–Crippen LogP) is 3.54. The van der Waals surface area contributed by atoms with E-state index in [1.165, 1.54) is 12.1 Å². The summed E-state index contributed by atoms with van der Waals surface area (Å²) < 4.78 is 0. The van der Waals surface area contributed by atoms with Gasteiger partial charge in [-0.2, -0.15) is 0 Å². The molecule has 2 aromatic rings. The second-order valence-electron chi connectivity index (χ2n) is 5.93. The van der Waals surface area contributed by atoms with E-state index in [1.807, 2.05) is 32.9 Å². The molecule has 0 radical (unpaired) electrons. The molecule has 136 valence electrons. The van der Waals surface area contributed by atoms with Crippen LogP contribution in [0.2, 0.25) is 5.02 Å². The number of rotatable bonds is 5. The molecule has 0 aromatic heterocycles. The molecule has 0 bridgehead atoms. The van der Waals surface area contributed by atoms with Gasteiger partial charge in [-0.1, -0.05) is 29.3 Å². The second-order valence-corrected chi connectivity index (χ2v) is 6.33. The van der Waals surface area contributed by atoms with Crippen molar-refractivity contribution in [3.8, 4) is 0 Å². The molecule has 0 aliphatic carbocycles. The molecule has 0 unspecified atom stereocenters. The largest absolute Gasteiger partial charge is 0.343 e. The molecule has 2 N–H and O–H groups in total. The first-order valence-corrected chi connectivity index (χ1v) is 8.16. The third kappa shape index (κ3) is 4.58. The van der Waals surface area contributed by atoms with Gasteiger partial charge in [0.15, 0.2) is 0 Å². The minimum Gasteiger partial charge on any atom is -0.343 e. The van der Waals surface area contributed by atoms with Crippen LogP contribution in [0.5, 0.6) is 0 Å². The zero-order valence-electron chi connectivity index (χ0n) is 14.6. The number of non-ortho nitro benzene ring substituents is 1. The van der Waals surface area contributed by atoms with Gasteiger partial charge in [0.1, 0.15) is 0 Å². The van der Waals surface area contributed by atoms with Crippen molar-refractivity contribution in [3.63, 3.8) is 0 Å². The Morgan fingerprint density at radius 3 is 2.27 bits per heavy atom. The molecular weight excluding hydrogens is 358 g/mol. The molecule has 8 heteroatoms. The number of nitro groups is 1. The number of aryl methyl sites for hydroxylation is 3. The van der Waals surface area contributed by atoms with Crippen LogP contribution in [-0.2, 0) is 4.79 Å². The number of nitro benzene ring substituents is 1. The van der Waals surface area contributed by atoms with Crippen molar-refractivity contribution in [2.75, 3.05) is 11.9 Å². The van der Waals surface area contributed by atoms with Crippen LogP contribution in [0.4, 0.5) is 11.4 Å². The molecule has 0 fully saturated rings. The van der Waals surface area contributed by atoms with Crippen molar-refractivity contribution < 1.29 is 14.5 Å². The monoisotopic (exact) mass is 375 g/mol. The molecule has 2 rings (SSSR count). The molecule has 7 nitrogen and oxygen atoms in total. The van der Waals surface area contributed by atoms with Gasteiger partial charge in [0.25, 0.3) is 11.6 Å². The SMILES string of the molecule is Cc1cc(C)c(NC(=O)CNC(=O)c2ccc([N+](=O)[O-])cc2Cl)c(C)c1. The van der Waals surface area contributed by atoms with Gasteiger partial charge in [0.05, 0.1) is 22.1 Å². The van der Waals surface area contributed by atoms with E-state index in [9.17, 15) is 19.7 Å². The van der Waals surface area contributed by atoms with Gasteiger partial charge in [-0.3, -0.25) is 19.7 Å². The van der Waals surface area contributed by atoms with Crippen LogP contribution in [0.25, 0.3) is 0 Å².